The summed E-state index contributed by atoms with van der Waals surface area (Å²) in [5.74, 6) is 1.35. The Kier molecular flexibility index (Phi) is 5.39. The first-order valence-corrected chi connectivity index (χ1v) is 12.3. The van der Waals surface area contributed by atoms with E-state index in [0.29, 0.717) is 37.4 Å². The van der Waals surface area contributed by atoms with Crippen LogP contribution in [0.5, 0.6) is 0 Å². The SMILES string of the molecule is CCOCCC1OCC(=O)[C@]2(CC[C@H]3[C@@H]4C[C@H](C)C5=CC(=O)C=C[C@]5(C)C4=CC[C@@]32C)O1. The molecule has 0 aromatic heterocycles. The molecule has 4 aliphatic carbocycles. The fraction of sp³-hybridized carbons (Fsp3) is 0.704. The van der Waals surface area contributed by atoms with Crippen LogP contribution in [-0.2, 0) is 23.8 Å². The van der Waals surface area contributed by atoms with Crippen LogP contribution in [0.1, 0.15) is 59.8 Å². The maximum atomic E-state index is 13.3. The van der Waals surface area contributed by atoms with Gasteiger partial charge in [-0.15, -0.1) is 0 Å². The number of Topliss-reactive ketones (excluding diaryl/α,β-unsaturated/α-hetero) is 1. The third-order valence-corrected chi connectivity index (χ3v) is 9.28. The van der Waals surface area contributed by atoms with Crippen LogP contribution in [0.25, 0.3) is 0 Å². The molecule has 1 unspecified atom stereocenters. The predicted molar refractivity (Wildman–Crippen MR) is 121 cm³/mol. The average Bonchev–Trinajstić information content (AvgIpc) is 3.05. The van der Waals surface area contributed by atoms with Gasteiger partial charge in [-0.3, -0.25) is 9.59 Å². The number of rotatable bonds is 4. The lowest BCUT2D eigenvalue weighted by atomic mass is 9.49. The summed E-state index contributed by atoms with van der Waals surface area (Å²) in [6.45, 7) is 10.2. The van der Waals surface area contributed by atoms with Crippen LogP contribution in [0.15, 0.2) is 35.5 Å². The first-order chi connectivity index (χ1) is 15.2. The lowest BCUT2D eigenvalue weighted by molar-refractivity contribution is -0.269. The van der Waals surface area contributed by atoms with Gasteiger partial charge in [0.1, 0.15) is 12.2 Å². The third kappa shape index (κ3) is 3.00. The van der Waals surface area contributed by atoms with Gasteiger partial charge < -0.3 is 14.2 Å². The van der Waals surface area contributed by atoms with E-state index in [9.17, 15) is 9.59 Å². The molecule has 0 radical (unpaired) electrons. The number of fused-ring (bicyclic) bond motifs is 6. The smallest absolute Gasteiger partial charge is 0.190 e. The van der Waals surface area contributed by atoms with Gasteiger partial charge in [-0.05, 0) is 75.0 Å². The maximum absolute atomic E-state index is 13.3. The van der Waals surface area contributed by atoms with E-state index in [1.54, 1.807) is 6.08 Å². The Bertz CT molecular complexity index is 915. The summed E-state index contributed by atoms with van der Waals surface area (Å²) < 4.78 is 17.8. The summed E-state index contributed by atoms with van der Waals surface area (Å²) in [5.41, 5.74) is 1.49. The number of carbonyl (C=O) groups excluding carboxylic acids is 2. The molecule has 3 fully saturated rings. The zero-order chi connectivity index (χ0) is 22.7. The van der Waals surface area contributed by atoms with Crippen LogP contribution in [-0.4, -0.2) is 43.3 Å². The number of carbonyl (C=O) groups is 2. The van der Waals surface area contributed by atoms with E-state index >= 15 is 0 Å². The molecule has 1 aliphatic heterocycles. The van der Waals surface area contributed by atoms with Crippen LogP contribution in [0.3, 0.4) is 0 Å². The Hall–Kier alpha value is -1.56. The molecular formula is C27H36O5. The molecule has 0 aromatic rings. The second-order valence-electron chi connectivity index (χ2n) is 10.8. The molecule has 2 saturated carbocycles. The number of hydrogen-bond donors (Lipinski definition) is 0. The standard InChI is InChI=1S/C27H36O5/c1-5-30-13-9-24-31-16-23(29)27(32-24)12-8-21-19-14-17(2)22-15-18(28)6-10-25(22,3)20(19)7-11-26(21,27)4/h6-7,10,15,17,19,21,24H,5,8-9,11-14,16H2,1-4H3/t17-,19+,21-,24?,25+,26-,27-/m0/s1. The lowest BCUT2D eigenvalue weighted by Crippen LogP contribution is -2.61. The predicted octanol–water partition coefficient (Wildman–Crippen LogP) is 4.57. The molecule has 0 amide bonds. The number of ether oxygens (including phenoxy) is 3. The van der Waals surface area contributed by atoms with E-state index in [-0.39, 0.29) is 35.3 Å². The largest absolute Gasteiger partial charge is 0.382 e. The second kappa shape index (κ2) is 7.75. The monoisotopic (exact) mass is 440 g/mol. The second-order valence-corrected chi connectivity index (χ2v) is 10.8. The fourth-order valence-electron chi connectivity index (χ4n) is 7.65. The molecule has 5 nitrogen and oxygen atoms in total. The molecule has 1 heterocycles. The molecule has 1 saturated heterocycles. The van der Waals surface area contributed by atoms with Crippen molar-refractivity contribution in [3.63, 3.8) is 0 Å². The Morgan fingerprint density at radius 3 is 2.81 bits per heavy atom. The topological polar surface area (TPSA) is 61.8 Å². The van der Waals surface area contributed by atoms with Gasteiger partial charge in [0.15, 0.2) is 17.9 Å². The minimum Gasteiger partial charge on any atom is -0.382 e. The molecular weight excluding hydrogens is 404 g/mol. The molecule has 0 N–H and O–H groups in total. The molecule has 5 aliphatic rings. The minimum atomic E-state index is -0.770. The van der Waals surface area contributed by atoms with Crippen molar-refractivity contribution in [3.8, 4) is 0 Å². The first-order valence-electron chi connectivity index (χ1n) is 12.3. The summed E-state index contributed by atoms with van der Waals surface area (Å²) in [7, 11) is 0. The highest BCUT2D eigenvalue weighted by Gasteiger charge is 2.67. The summed E-state index contributed by atoms with van der Waals surface area (Å²) in [4.78, 5) is 25.5. The van der Waals surface area contributed by atoms with Crippen LogP contribution >= 0.6 is 0 Å². The minimum absolute atomic E-state index is 0.100. The van der Waals surface area contributed by atoms with Crippen molar-refractivity contribution in [1.82, 2.24) is 0 Å². The molecule has 174 valence electrons. The van der Waals surface area contributed by atoms with Crippen molar-refractivity contribution in [2.45, 2.75) is 71.7 Å². The molecule has 32 heavy (non-hydrogen) atoms. The third-order valence-electron chi connectivity index (χ3n) is 9.28. The van der Waals surface area contributed by atoms with E-state index in [0.717, 1.165) is 25.7 Å². The van der Waals surface area contributed by atoms with E-state index in [2.05, 4.69) is 32.9 Å². The summed E-state index contributed by atoms with van der Waals surface area (Å²) in [5, 5.41) is 0. The van der Waals surface area contributed by atoms with Crippen molar-refractivity contribution in [2.24, 2.45) is 28.6 Å². The van der Waals surface area contributed by atoms with Gasteiger partial charge in [0.05, 0.1) is 6.61 Å². The van der Waals surface area contributed by atoms with Crippen LogP contribution in [0.4, 0.5) is 0 Å². The first kappa shape index (κ1) is 22.2. The molecule has 5 rings (SSSR count). The highest BCUT2D eigenvalue weighted by molar-refractivity contribution is 6.01. The van der Waals surface area contributed by atoms with Gasteiger partial charge in [-0.2, -0.15) is 0 Å². The van der Waals surface area contributed by atoms with Gasteiger partial charge in [0.25, 0.3) is 0 Å². The van der Waals surface area contributed by atoms with E-state index in [1.807, 2.05) is 13.0 Å². The van der Waals surface area contributed by atoms with Gasteiger partial charge in [-0.1, -0.05) is 31.6 Å². The Morgan fingerprint density at radius 2 is 2.03 bits per heavy atom. The highest BCUT2D eigenvalue weighted by atomic mass is 16.7. The zero-order valence-corrected chi connectivity index (χ0v) is 19.8. The van der Waals surface area contributed by atoms with Crippen molar-refractivity contribution < 1.29 is 23.8 Å². The number of hydrogen-bond acceptors (Lipinski definition) is 5. The van der Waals surface area contributed by atoms with Crippen molar-refractivity contribution in [2.75, 3.05) is 19.8 Å². The zero-order valence-electron chi connectivity index (χ0n) is 19.8. The van der Waals surface area contributed by atoms with Crippen LogP contribution in [0.2, 0.25) is 0 Å². The summed E-state index contributed by atoms with van der Waals surface area (Å²) in [6.07, 6.45) is 12.0. The Morgan fingerprint density at radius 1 is 1.22 bits per heavy atom. The molecule has 0 bridgehead atoms. The van der Waals surface area contributed by atoms with Crippen LogP contribution < -0.4 is 0 Å². The molecule has 1 spiro atoms. The van der Waals surface area contributed by atoms with Gasteiger partial charge >= 0.3 is 0 Å². The van der Waals surface area contributed by atoms with Crippen LogP contribution in [0, 0.1) is 28.6 Å². The Labute approximate surface area is 191 Å². The van der Waals surface area contributed by atoms with E-state index < -0.39 is 5.60 Å². The van der Waals surface area contributed by atoms with Gasteiger partial charge in [0.2, 0.25) is 0 Å². The molecule has 0 aromatic carbocycles. The summed E-state index contributed by atoms with van der Waals surface area (Å²) in [6, 6.07) is 0. The fourth-order valence-corrected chi connectivity index (χ4v) is 7.65. The van der Waals surface area contributed by atoms with Crippen molar-refractivity contribution >= 4 is 11.6 Å². The van der Waals surface area contributed by atoms with Gasteiger partial charge in [0, 0.05) is 23.9 Å². The average molecular weight is 441 g/mol. The molecule has 7 atom stereocenters. The van der Waals surface area contributed by atoms with E-state index in [4.69, 9.17) is 14.2 Å². The maximum Gasteiger partial charge on any atom is 0.190 e. The number of ketones is 2. The van der Waals surface area contributed by atoms with Crippen molar-refractivity contribution in [1.29, 1.82) is 0 Å². The van der Waals surface area contributed by atoms with E-state index in [1.165, 1.54) is 11.1 Å². The summed E-state index contributed by atoms with van der Waals surface area (Å²) >= 11 is 0. The normalized spacial score (nSPS) is 45.2. The van der Waals surface area contributed by atoms with Crippen molar-refractivity contribution in [3.05, 3.63) is 35.5 Å². The number of allylic oxidation sites excluding steroid dienone is 6. The lowest BCUT2D eigenvalue weighted by Gasteiger charge is -2.56. The highest BCUT2D eigenvalue weighted by Crippen LogP contribution is 2.67. The Balaban J connectivity index is 1.48. The van der Waals surface area contributed by atoms with Gasteiger partial charge in [-0.25, -0.2) is 0 Å². The quantitative estimate of drug-likeness (QED) is 0.473. The molecule has 5 heteroatoms.